The lowest BCUT2D eigenvalue weighted by Crippen LogP contribution is -2.09. The molecule has 0 bridgehead atoms. The highest BCUT2D eigenvalue weighted by Gasteiger charge is 2.18. The lowest BCUT2D eigenvalue weighted by atomic mass is 10.2. The molecule has 0 amide bonds. The fraction of sp³-hybridized carbons (Fsp3) is 0.538. The average molecular weight is 297 g/mol. The molecule has 0 unspecified atom stereocenters. The summed E-state index contributed by atoms with van der Waals surface area (Å²) in [6, 6.07) is 3.55. The third kappa shape index (κ3) is 5.74. The van der Waals surface area contributed by atoms with Gasteiger partial charge in [-0.3, -0.25) is 20.2 Å². The van der Waals surface area contributed by atoms with E-state index < -0.39 is 9.85 Å². The molecule has 0 spiro atoms. The zero-order chi connectivity index (χ0) is 15.8. The van der Waals surface area contributed by atoms with Crippen LogP contribution in [0.5, 0.6) is 0 Å². The van der Waals surface area contributed by atoms with Gasteiger partial charge in [0.1, 0.15) is 5.69 Å². The van der Waals surface area contributed by atoms with Gasteiger partial charge in [0, 0.05) is 25.8 Å². The van der Waals surface area contributed by atoms with E-state index in [1.807, 2.05) is 0 Å². The Morgan fingerprint density at radius 2 is 1.95 bits per heavy atom. The maximum Gasteiger partial charge on any atom is 0.299 e. The van der Waals surface area contributed by atoms with Crippen molar-refractivity contribution in [2.24, 2.45) is 5.92 Å². The fourth-order valence-electron chi connectivity index (χ4n) is 1.65. The van der Waals surface area contributed by atoms with Crippen LogP contribution in [-0.4, -0.2) is 29.6 Å². The Labute approximate surface area is 122 Å². The molecule has 1 aromatic rings. The number of benzene rings is 1. The van der Waals surface area contributed by atoms with Gasteiger partial charge in [-0.1, -0.05) is 13.8 Å². The van der Waals surface area contributed by atoms with Crippen molar-refractivity contribution in [3.63, 3.8) is 0 Å². The second-order valence-electron chi connectivity index (χ2n) is 4.96. The average Bonchev–Trinajstić information content (AvgIpc) is 2.42. The predicted molar refractivity (Wildman–Crippen MR) is 78.5 cm³/mol. The van der Waals surface area contributed by atoms with Crippen LogP contribution in [0.4, 0.5) is 17.1 Å². The van der Waals surface area contributed by atoms with E-state index in [-0.39, 0.29) is 17.1 Å². The zero-order valence-electron chi connectivity index (χ0n) is 12.1. The molecule has 0 aliphatic carbocycles. The number of nitro groups is 2. The highest BCUT2D eigenvalue weighted by Crippen LogP contribution is 2.28. The van der Waals surface area contributed by atoms with Crippen molar-refractivity contribution in [3.8, 4) is 0 Å². The number of ether oxygens (including phenoxy) is 1. The molecule has 0 aromatic heterocycles. The minimum absolute atomic E-state index is 0.273. The van der Waals surface area contributed by atoms with Gasteiger partial charge < -0.3 is 10.1 Å². The number of non-ortho nitro benzene ring substituents is 1. The summed E-state index contributed by atoms with van der Waals surface area (Å²) in [4.78, 5) is 20.3. The number of anilines is 1. The van der Waals surface area contributed by atoms with Crippen LogP contribution in [0, 0.1) is 26.1 Å². The molecule has 1 rings (SSSR count). The lowest BCUT2D eigenvalue weighted by Gasteiger charge is -2.08. The van der Waals surface area contributed by atoms with Crippen LogP contribution in [0.2, 0.25) is 0 Å². The summed E-state index contributed by atoms with van der Waals surface area (Å²) in [6.07, 6.45) is 0.695. The zero-order valence-corrected chi connectivity index (χ0v) is 12.1. The Bertz CT molecular complexity index is 505. The van der Waals surface area contributed by atoms with E-state index >= 15 is 0 Å². The summed E-state index contributed by atoms with van der Waals surface area (Å²) in [5.41, 5.74) is -0.325. The van der Waals surface area contributed by atoms with Crippen molar-refractivity contribution in [3.05, 3.63) is 38.4 Å². The molecule has 21 heavy (non-hydrogen) atoms. The summed E-state index contributed by atoms with van der Waals surface area (Å²) in [6.45, 7) is 5.84. The van der Waals surface area contributed by atoms with Crippen molar-refractivity contribution in [2.75, 3.05) is 25.1 Å². The molecule has 0 fully saturated rings. The van der Waals surface area contributed by atoms with Crippen LogP contribution in [0.3, 0.4) is 0 Å². The first-order valence-electron chi connectivity index (χ1n) is 6.66. The third-order valence-corrected chi connectivity index (χ3v) is 2.62. The second kappa shape index (κ2) is 8.15. The van der Waals surface area contributed by atoms with Gasteiger partial charge >= 0.3 is 0 Å². The molecule has 1 N–H and O–H groups in total. The van der Waals surface area contributed by atoms with E-state index in [4.69, 9.17) is 4.74 Å². The molecule has 0 atom stereocenters. The Kier molecular flexibility index (Phi) is 6.54. The van der Waals surface area contributed by atoms with Gasteiger partial charge in [-0.25, -0.2) is 0 Å². The minimum atomic E-state index is -0.656. The second-order valence-corrected chi connectivity index (χ2v) is 4.96. The van der Waals surface area contributed by atoms with E-state index in [2.05, 4.69) is 19.2 Å². The van der Waals surface area contributed by atoms with E-state index in [0.29, 0.717) is 32.1 Å². The molecule has 0 radical (unpaired) electrons. The van der Waals surface area contributed by atoms with Gasteiger partial charge in [0.2, 0.25) is 0 Å². The summed E-state index contributed by atoms with van der Waals surface area (Å²) >= 11 is 0. The SMILES string of the molecule is CC(C)COCCCNc1ccc([N+](=O)[O-])cc1[N+](=O)[O-]. The maximum absolute atomic E-state index is 10.9. The largest absolute Gasteiger partial charge is 0.381 e. The molecule has 8 nitrogen and oxygen atoms in total. The van der Waals surface area contributed by atoms with E-state index in [9.17, 15) is 20.2 Å². The standard InChI is InChI=1S/C13H19N3O5/c1-10(2)9-21-7-3-6-14-12-5-4-11(15(17)18)8-13(12)16(19)20/h4-5,8,10,14H,3,6-7,9H2,1-2H3. The van der Waals surface area contributed by atoms with Crippen molar-refractivity contribution in [1.29, 1.82) is 0 Å². The van der Waals surface area contributed by atoms with Crippen molar-refractivity contribution in [1.82, 2.24) is 0 Å². The Balaban J connectivity index is 2.54. The minimum Gasteiger partial charge on any atom is -0.381 e. The quantitative estimate of drug-likeness (QED) is 0.426. The van der Waals surface area contributed by atoms with Crippen LogP contribution in [0.1, 0.15) is 20.3 Å². The Morgan fingerprint density at radius 1 is 1.24 bits per heavy atom. The first kappa shape index (κ1) is 16.8. The van der Waals surface area contributed by atoms with Crippen molar-refractivity contribution >= 4 is 17.1 Å². The maximum atomic E-state index is 10.9. The molecule has 0 saturated heterocycles. The number of rotatable bonds is 9. The highest BCUT2D eigenvalue weighted by molar-refractivity contribution is 5.65. The van der Waals surface area contributed by atoms with Crippen LogP contribution in [0.15, 0.2) is 18.2 Å². The van der Waals surface area contributed by atoms with Crippen LogP contribution < -0.4 is 5.32 Å². The predicted octanol–water partition coefficient (Wildman–Crippen LogP) is 2.98. The van der Waals surface area contributed by atoms with Gasteiger partial charge in [0.25, 0.3) is 11.4 Å². The molecular formula is C13H19N3O5. The first-order valence-corrected chi connectivity index (χ1v) is 6.66. The van der Waals surface area contributed by atoms with Crippen molar-refractivity contribution in [2.45, 2.75) is 20.3 Å². The van der Waals surface area contributed by atoms with E-state index in [0.717, 1.165) is 6.07 Å². The molecule has 0 heterocycles. The molecule has 0 saturated carbocycles. The fourth-order valence-corrected chi connectivity index (χ4v) is 1.65. The van der Waals surface area contributed by atoms with Gasteiger partial charge in [-0.2, -0.15) is 0 Å². The van der Waals surface area contributed by atoms with Crippen LogP contribution in [-0.2, 0) is 4.74 Å². The third-order valence-electron chi connectivity index (χ3n) is 2.62. The van der Waals surface area contributed by atoms with Gasteiger partial charge in [-0.05, 0) is 18.4 Å². The summed E-state index contributed by atoms with van der Waals surface area (Å²) in [7, 11) is 0. The molecular weight excluding hydrogens is 278 g/mol. The number of hydrogen-bond acceptors (Lipinski definition) is 6. The van der Waals surface area contributed by atoms with Gasteiger partial charge in [-0.15, -0.1) is 0 Å². The highest BCUT2D eigenvalue weighted by atomic mass is 16.6. The molecule has 116 valence electrons. The number of nitrogens with zero attached hydrogens (tertiary/aromatic N) is 2. The molecule has 1 aromatic carbocycles. The van der Waals surface area contributed by atoms with E-state index in [1.165, 1.54) is 12.1 Å². The molecule has 0 aliphatic heterocycles. The van der Waals surface area contributed by atoms with E-state index in [1.54, 1.807) is 0 Å². The summed E-state index contributed by atoms with van der Waals surface area (Å²) < 4.78 is 5.40. The molecule has 8 heteroatoms. The lowest BCUT2D eigenvalue weighted by molar-refractivity contribution is -0.393. The first-order chi connectivity index (χ1) is 9.91. The smallest absolute Gasteiger partial charge is 0.299 e. The van der Waals surface area contributed by atoms with Crippen LogP contribution in [0.25, 0.3) is 0 Å². The van der Waals surface area contributed by atoms with Crippen molar-refractivity contribution < 1.29 is 14.6 Å². The summed E-state index contributed by atoms with van der Waals surface area (Å²) in [5, 5.41) is 24.4. The monoisotopic (exact) mass is 297 g/mol. The molecule has 0 aliphatic rings. The number of nitrogens with one attached hydrogen (secondary N) is 1. The topological polar surface area (TPSA) is 108 Å². The Morgan fingerprint density at radius 3 is 2.52 bits per heavy atom. The number of hydrogen-bond donors (Lipinski definition) is 1. The summed E-state index contributed by atoms with van der Waals surface area (Å²) in [5.74, 6) is 0.466. The number of nitro benzene ring substituents is 2. The van der Waals surface area contributed by atoms with Gasteiger partial charge in [0.05, 0.1) is 15.9 Å². The normalized spacial score (nSPS) is 10.6. The Hall–Kier alpha value is -2.22. The van der Waals surface area contributed by atoms with Crippen LogP contribution >= 0.6 is 0 Å². The van der Waals surface area contributed by atoms with Gasteiger partial charge in [0.15, 0.2) is 0 Å².